The molecule has 6 nitrogen and oxygen atoms in total. The number of rotatable bonds is 6. The molecule has 0 saturated heterocycles. The Kier molecular flexibility index (Phi) is 4.60. The number of nitrogens with one attached hydrogen (secondary N) is 1. The highest BCUT2D eigenvalue weighted by atomic mass is 19.1. The van der Waals surface area contributed by atoms with Crippen LogP contribution in [0, 0.1) is 5.82 Å². The van der Waals surface area contributed by atoms with E-state index < -0.39 is 0 Å². The number of hydrogen-bond acceptors (Lipinski definition) is 6. The molecule has 2 aromatic carbocycles. The molecule has 1 heterocycles. The molecule has 0 unspecified atom stereocenters. The van der Waals surface area contributed by atoms with Crippen LogP contribution in [0.4, 0.5) is 4.39 Å². The summed E-state index contributed by atoms with van der Waals surface area (Å²) < 4.78 is 23.6. The maximum Gasteiger partial charge on any atom is 0.258 e. The third-order valence-electron chi connectivity index (χ3n) is 3.13. The molecule has 0 radical (unpaired) electrons. The Hall–Kier alpha value is -2.77. The minimum absolute atomic E-state index is 0.155. The summed E-state index contributed by atoms with van der Waals surface area (Å²) in [5.41, 5.74) is 3.66. The van der Waals surface area contributed by atoms with Crippen molar-refractivity contribution in [2.24, 2.45) is 0 Å². The van der Waals surface area contributed by atoms with Gasteiger partial charge in [0, 0.05) is 12.1 Å². The minimum atomic E-state index is -0.323. The fourth-order valence-electron chi connectivity index (χ4n) is 1.97. The van der Waals surface area contributed by atoms with Crippen LogP contribution in [0.15, 0.2) is 53.1 Å². The standard InChI is InChI=1S/C16H14FN3O3/c17-13-5-3-12(4-6-13)16-19-15(20-23-16)10-22-14-7-1-11(2-8-14)9-18-21/h1-8,18,21H,9-10H2. The summed E-state index contributed by atoms with van der Waals surface area (Å²) in [4.78, 5) is 4.20. The summed E-state index contributed by atoms with van der Waals surface area (Å²) in [5, 5.41) is 12.5. The molecular weight excluding hydrogens is 301 g/mol. The van der Waals surface area contributed by atoms with E-state index in [1.54, 1.807) is 24.3 Å². The van der Waals surface area contributed by atoms with Gasteiger partial charge in [-0.2, -0.15) is 4.98 Å². The highest BCUT2D eigenvalue weighted by Crippen LogP contribution is 2.18. The Morgan fingerprint density at radius 2 is 1.83 bits per heavy atom. The van der Waals surface area contributed by atoms with E-state index in [4.69, 9.17) is 14.5 Å². The van der Waals surface area contributed by atoms with E-state index in [1.165, 1.54) is 12.1 Å². The van der Waals surface area contributed by atoms with Gasteiger partial charge in [0.05, 0.1) is 0 Å². The second kappa shape index (κ2) is 6.99. The van der Waals surface area contributed by atoms with Crippen molar-refractivity contribution in [2.45, 2.75) is 13.2 Å². The molecule has 0 amide bonds. The lowest BCUT2D eigenvalue weighted by atomic mass is 10.2. The number of nitrogens with zero attached hydrogens (tertiary/aromatic N) is 2. The number of ether oxygens (including phenoxy) is 1. The van der Waals surface area contributed by atoms with E-state index in [9.17, 15) is 4.39 Å². The van der Waals surface area contributed by atoms with Crippen LogP contribution in [0.3, 0.4) is 0 Å². The van der Waals surface area contributed by atoms with E-state index in [0.29, 0.717) is 29.6 Å². The van der Waals surface area contributed by atoms with Crippen molar-refractivity contribution in [1.29, 1.82) is 0 Å². The topological polar surface area (TPSA) is 80.4 Å². The van der Waals surface area contributed by atoms with Crippen LogP contribution in [0.5, 0.6) is 5.75 Å². The van der Waals surface area contributed by atoms with Gasteiger partial charge in [-0.1, -0.05) is 17.3 Å². The van der Waals surface area contributed by atoms with Gasteiger partial charge in [-0.05, 0) is 42.0 Å². The molecule has 1 aromatic heterocycles. The Balaban J connectivity index is 1.61. The fraction of sp³-hybridized carbons (Fsp3) is 0.125. The van der Waals surface area contributed by atoms with Gasteiger partial charge in [0.1, 0.15) is 11.6 Å². The first-order chi connectivity index (χ1) is 11.2. The number of benzene rings is 2. The van der Waals surface area contributed by atoms with Crippen molar-refractivity contribution >= 4 is 0 Å². The predicted octanol–water partition coefficient (Wildman–Crippen LogP) is 2.93. The monoisotopic (exact) mass is 315 g/mol. The van der Waals surface area contributed by atoms with Crippen LogP contribution >= 0.6 is 0 Å². The molecule has 118 valence electrons. The number of hydrogen-bond donors (Lipinski definition) is 2. The van der Waals surface area contributed by atoms with Gasteiger partial charge < -0.3 is 14.5 Å². The Morgan fingerprint density at radius 1 is 1.09 bits per heavy atom. The summed E-state index contributed by atoms with van der Waals surface area (Å²) >= 11 is 0. The molecule has 3 rings (SSSR count). The van der Waals surface area contributed by atoms with Crippen molar-refractivity contribution in [1.82, 2.24) is 15.6 Å². The maximum absolute atomic E-state index is 12.9. The highest BCUT2D eigenvalue weighted by molar-refractivity contribution is 5.52. The average molecular weight is 315 g/mol. The van der Waals surface area contributed by atoms with Gasteiger partial charge in [0.15, 0.2) is 6.61 Å². The molecule has 0 saturated carbocycles. The summed E-state index contributed by atoms with van der Waals surface area (Å²) in [7, 11) is 0. The van der Waals surface area contributed by atoms with Crippen LogP contribution < -0.4 is 10.2 Å². The second-order valence-electron chi connectivity index (χ2n) is 4.79. The van der Waals surface area contributed by atoms with Crippen LogP contribution in [-0.2, 0) is 13.2 Å². The third-order valence-corrected chi connectivity index (χ3v) is 3.13. The summed E-state index contributed by atoms with van der Waals surface area (Å²) in [6.45, 7) is 0.522. The van der Waals surface area contributed by atoms with Crippen LogP contribution in [0.25, 0.3) is 11.5 Å². The molecule has 2 N–H and O–H groups in total. The fourth-order valence-corrected chi connectivity index (χ4v) is 1.97. The second-order valence-corrected chi connectivity index (χ2v) is 4.79. The predicted molar refractivity (Wildman–Crippen MR) is 79.1 cm³/mol. The van der Waals surface area contributed by atoms with Gasteiger partial charge in [0.2, 0.25) is 5.82 Å². The van der Waals surface area contributed by atoms with Crippen molar-refractivity contribution in [3.05, 3.63) is 65.7 Å². The zero-order chi connectivity index (χ0) is 16.1. The lowest BCUT2D eigenvalue weighted by Crippen LogP contribution is -2.05. The Bertz CT molecular complexity index is 757. The van der Waals surface area contributed by atoms with Crippen molar-refractivity contribution < 1.29 is 18.9 Å². The van der Waals surface area contributed by atoms with E-state index in [2.05, 4.69) is 15.6 Å². The van der Waals surface area contributed by atoms with E-state index in [0.717, 1.165) is 5.56 Å². The molecule has 23 heavy (non-hydrogen) atoms. The zero-order valence-electron chi connectivity index (χ0n) is 12.1. The zero-order valence-corrected chi connectivity index (χ0v) is 12.1. The first-order valence-corrected chi connectivity index (χ1v) is 6.92. The molecule has 0 aliphatic rings. The largest absolute Gasteiger partial charge is 0.485 e. The number of hydroxylamine groups is 1. The van der Waals surface area contributed by atoms with Gasteiger partial charge in [-0.3, -0.25) is 0 Å². The van der Waals surface area contributed by atoms with Crippen molar-refractivity contribution in [3.63, 3.8) is 0 Å². The maximum atomic E-state index is 12.9. The van der Waals surface area contributed by atoms with Gasteiger partial charge in [-0.25, -0.2) is 9.87 Å². The van der Waals surface area contributed by atoms with Gasteiger partial charge in [-0.15, -0.1) is 0 Å². The number of halogens is 1. The molecule has 0 bridgehead atoms. The summed E-state index contributed by atoms with van der Waals surface area (Å²) in [5.74, 6) is 1.04. The lowest BCUT2D eigenvalue weighted by Gasteiger charge is -2.04. The molecule has 0 aliphatic carbocycles. The molecule has 3 aromatic rings. The molecular formula is C16H14FN3O3. The van der Waals surface area contributed by atoms with E-state index in [1.807, 2.05) is 12.1 Å². The molecule has 0 spiro atoms. The normalized spacial score (nSPS) is 10.7. The van der Waals surface area contributed by atoms with E-state index >= 15 is 0 Å². The lowest BCUT2D eigenvalue weighted by molar-refractivity contribution is 0.161. The Morgan fingerprint density at radius 3 is 2.52 bits per heavy atom. The smallest absolute Gasteiger partial charge is 0.258 e. The van der Waals surface area contributed by atoms with Crippen LogP contribution in [0.2, 0.25) is 0 Å². The third kappa shape index (κ3) is 3.91. The average Bonchev–Trinajstić information content (AvgIpc) is 3.04. The SMILES string of the molecule is ONCc1ccc(OCc2noc(-c3ccc(F)cc3)n2)cc1. The number of aromatic nitrogens is 2. The molecule has 0 fully saturated rings. The van der Waals surface area contributed by atoms with Crippen LogP contribution in [-0.4, -0.2) is 15.3 Å². The van der Waals surface area contributed by atoms with Crippen molar-refractivity contribution in [3.8, 4) is 17.2 Å². The van der Waals surface area contributed by atoms with Gasteiger partial charge in [0.25, 0.3) is 5.89 Å². The highest BCUT2D eigenvalue weighted by Gasteiger charge is 2.09. The first-order valence-electron chi connectivity index (χ1n) is 6.92. The van der Waals surface area contributed by atoms with E-state index in [-0.39, 0.29) is 12.4 Å². The van der Waals surface area contributed by atoms with Crippen LogP contribution in [0.1, 0.15) is 11.4 Å². The quantitative estimate of drug-likeness (QED) is 0.681. The van der Waals surface area contributed by atoms with Gasteiger partial charge >= 0.3 is 0 Å². The summed E-state index contributed by atoms with van der Waals surface area (Å²) in [6.07, 6.45) is 0. The summed E-state index contributed by atoms with van der Waals surface area (Å²) in [6, 6.07) is 13.0. The molecule has 7 heteroatoms. The molecule has 0 aliphatic heterocycles. The van der Waals surface area contributed by atoms with Crippen molar-refractivity contribution in [2.75, 3.05) is 0 Å². The minimum Gasteiger partial charge on any atom is -0.485 e. The Labute approximate surface area is 131 Å². The first kappa shape index (κ1) is 15.1. The molecule has 0 atom stereocenters.